The van der Waals surface area contributed by atoms with Crippen LogP contribution >= 0.6 is 0 Å². The van der Waals surface area contributed by atoms with Crippen molar-refractivity contribution in [1.82, 2.24) is 5.32 Å². The summed E-state index contributed by atoms with van der Waals surface area (Å²) in [5.41, 5.74) is 6.57. The minimum absolute atomic E-state index is 0.241. The summed E-state index contributed by atoms with van der Waals surface area (Å²) in [5, 5.41) is 3.72. The Balaban J connectivity index is 2.30. The van der Waals surface area contributed by atoms with Crippen molar-refractivity contribution in [2.45, 2.75) is 71.9 Å². The monoisotopic (exact) mass is 226 g/mol. The predicted molar refractivity (Wildman–Crippen MR) is 71.5 cm³/mol. The Labute approximate surface area is 101 Å². The van der Waals surface area contributed by atoms with E-state index in [4.69, 9.17) is 5.73 Å². The first kappa shape index (κ1) is 14.0. The molecule has 2 unspecified atom stereocenters. The zero-order chi connectivity index (χ0) is 12.4. The molecule has 0 spiro atoms. The van der Waals surface area contributed by atoms with Gasteiger partial charge in [-0.25, -0.2) is 0 Å². The topological polar surface area (TPSA) is 38.0 Å². The van der Waals surface area contributed by atoms with Crippen LogP contribution in [0.1, 0.15) is 60.3 Å². The van der Waals surface area contributed by atoms with Gasteiger partial charge in [0, 0.05) is 11.6 Å². The summed E-state index contributed by atoms with van der Waals surface area (Å²) in [6.07, 6.45) is 4.93. The molecule has 1 fully saturated rings. The van der Waals surface area contributed by atoms with Gasteiger partial charge < -0.3 is 11.1 Å². The normalized spacial score (nSPS) is 27.4. The maximum Gasteiger partial charge on any atom is 0.0130 e. The Bertz CT molecular complexity index is 215. The summed E-state index contributed by atoms with van der Waals surface area (Å²) >= 11 is 0. The van der Waals surface area contributed by atoms with E-state index in [0.29, 0.717) is 11.5 Å². The number of nitrogens with two attached hydrogens (primary N) is 1. The molecule has 2 atom stereocenters. The highest BCUT2D eigenvalue weighted by atomic mass is 15.0. The molecule has 0 aliphatic heterocycles. The SMILES string of the molecule is CC(C)(C)CC(C)(C)NCC1CCC(N)C1. The lowest BCUT2D eigenvalue weighted by Gasteiger charge is -2.34. The Morgan fingerprint density at radius 3 is 2.19 bits per heavy atom. The molecule has 1 saturated carbocycles. The lowest BCUT2D eigenvalue weighted by atomic mass is 9.81. The number of nitrogens with one attached hydrogen (secondary N) is 1. The highest BCUT2D eigenvalue weighted by Gasteiger charge is 2.27. The predicted octanol–water partition coefficient (Wildman–Crippen LogP) is 2.92. The molecule has 0 aromatic carbocycles. The summed E-state index contributed by atoms with van der Waals surface area (Å²) in [5.74, 6) is 0.800. The highest BCUT2D eigenvalue weighted by Crippen LogP contribution is 2.28. The van der Waals surface area contributed by atoms with Crippen LogP contribution in [0, 0.1) is 11.3 Å². The molecule has 2 heteroatoms. The second-order valence-corrected chi connectivity index (χ2v) is 7.44. The van der Waals surface area contributed by atoms with E-state index in [1.807, 2.05) is 0 Å². The van der Waals surface area contributed by atoms with Gasteiger partial charge in [-0.15, -0.1) is 0 Å². The summed E-state index contributed by atoms with van der Waals surface area (Å²) in [4.78, 5) is 0. The Morgan fingerprint density at radius 1 is 1.12 bits per heavy atom. The number of rotatable bonds is 4. The fourth-order valence-electron chi connectivity index (χ4n) is 3.11. The van der Waals surface area contributed by atoms with Crippen molar-refractivity contribution in [3.63, 3.8) is 0 Å². The summed E-state index contributed by atoms with van der Waals surface area (Å²) < 4.78 is 0. The molecule has 0 heterocycles. The minimum atomic E-state index is 0.241. The van der Waals surface area contributed by atoms with E-state index < -0.39 is 0 Å². The standard InChI is InChI=1S/C14H30N2/c1-13(2,3)10-14(4,5)16-9-11-6-7-12(15)8-11/h11-12,16H,6-10,15H2,1-5H3. The molecule has 0 aromatic rings. The third-order valence-electron chi connectivity index (χ3n) is 3.42. The van der Waals surface area contributed by atoms with Crippen molar-refractivity contribution < 1.29 is 0 Å². The maximum atomic E-state index is 5.94. The lowest BCUT2D eigenvalue weighted by molar-refractivity contribution is 0.232. The van der Waals surface area contributed by atoms with E-state index in [2.05, 4.69) is 39.9 Å². The second kappa shape index (κ2) is 5.05. The van der Waals surface area contributed by atoms with Gasteiger partial charge in [-0.2, -0.15) is 0 Å². The summed E-state index contributed by atoms with van der Waals surface area (Å²) in [6, 6.07) is 0.456. The van der Waals surface area contributed by atoms with Gasteiger partial charge in [0.2, 0.25) is 0 Å². The number of hydrogen-bond donors (Lipinski definition) is 2. The molecule has 1 aliphatic carbocycles. The van der Waals surface area contributed by atoms with Crippen molar-refractivity contribution in [3.05, 3.63) is 0 Å². The molecule has 0 bridgehead atoms. The van der Waals surface area contributed by atoms with Crippen molar-refractivity contribution in [2.24, 2.45) is 17.1 Å². The van der Waals surface area contributed by atoms with Crippen LogP contribution in [0.2, 0.25) is 0 Å². The molecule has 3 N–H and O–H groups in total. The Hall–Kier alpha value is -0.0800. The van der Waals surface area contributed by atoms with E-state index in [9.17, 15) is 0 Å². The van der Waals surface area contributed by atoms with Crippen LogP contribution in [0.4, 0.5) is 0 Å². The molecular formula is C14H30N2. The van der Waals surface area contributed by atoms with E-state index in [1.165, 1.54) is 25.7 Å². The maximum absolute atomic E-state index is 5.94. The average molecular weight is 226 g/mol. The summed E-state index contributed by atoms with van der Waals surface area (Å²) in [7, 11) is 0. The first-order valence-electron chi connectivity index (χ1n) is 6.69. The van der Waals surface area contributed by atoms with Crippen molar-refractivity contribution >= 4 is 0 Å². The molecule has 0 radical (unpaired) electrons. The molecule has 0 aromatic heterocycles. The Kier molecular flexibility index (Phi) is 4.42. The van der Waals surface area contributed by atoms with Gasteiger partial charge in [0.05, 0.1) is 0 Å². The molecule has 2 nitrogen and oxygen atoms in total. The molecule has 16 heavy (non-hydrogen) atoms. The molecule has 1 rings (SSSR count). The van der Waals surface area contributed by atoms with Crippen LogP contribution in [0.15, 0.2) is 0 Å². The van der Waals surface area contributed by atoms with Gasteiger partial charge in [0.25, 0.3) is 0 Å². The molecule has 1 aliphatic rings. The molecule has 0 amide bonds. The fraction of sp³-hybridized carbons (Fsp3) is 1.00. The van der Waals surface area contributed by atoms with Gasteiger partial charge in [-0.3, -0.25) is 0 Å². The first-order chi connectivity index (χ1) is 7.18. The zero-order valence-corrected chi connectivity index (χ0v) is 11.8. The van der Waals surface area contributed by atoms with Crippen LogP contribution in [-0.4, -0.2) is 18.1 Å². The lowest BCUT2D eigenvalue weighted by Crippen LogP contribution is -2.44. The van der Waals surface area contributed by atoms with E-state index in [0.717, 1.165) is 12.5 Å². The molecular weight excluding hydrogens is 196 g/mol. The quantitative estimate of drug-likeness (QED) is 0.773. The third-order valence-corrected chi connectivity index (χ3v) is 3.42. The largest absolute Gasteiger partial charge is 0.328 e. The van der Waals surface area contributed by atoms with Crippen molar-refractivity contribution in [1.29, 1.82) is 0 Å². The third kappa shape index (κ3) is 5.31. The summed E-state index contributed by atoms with van der Waals surface area (Å²) in [6.45, 7) is 12.7. The van der Waals surface area contributed by atoms with Gasteiger partial charge in [0.1, 0.15) is 0 Å². The fourth-order valence-corrected chi connectivity index (χ4v) is 3.11. The number of hydrogen-bond acceptors (Lipinski definition) is 2. The minimum Gasteiger partial charge on any atom is -0.328 e. The van der Waals surface area contributed by atoms with Crippen LogP contribution in [0.25, 0.3) is 0 Å². The smallest absolute Gasteiger partial charge is 0.0130 e. The van der Waals surface area contributed by atoms with Crippen molar-refractivity contribution in [3.8, 4) is 0 Å². The van der Waals surface area contributed by atoms with Gasteiger partial charge >= 0.3 is 0 Å². The van der Waals surface area contributed by atoms with Crippen LogP contribution in [0.3, 0.4) is 0 Å². The van der Waals surface area contributed by atoms with E-state index >= 15 is 0 Å². The first-order valence-corrected chi connectivity index (χ1v) is 6.69. The van der Waals surface area contributed by atoms with Crippen LogP contribution in [-0.2, 0) is 0 Å². The van der Waals surface area contributed by atoms with Gasteiger partial charge in [-0.1, -0.05) is 20.8 Å². The Morgan fingerprint density at radius 2 is 1.75 bits per heavy atom. The van der Waals surface area contributed by atoms with E-state index in [1.54, 1.807) is 0 Å². The van der Waals surface area contributed by atoms with Crippen LogP contribution in [0.5, 0.6) is 0 Å². The second-order valence-electron chi connectivity index (χ2n) is 7.44. The van der Waals surface area contributed by atoms with Crippen molar-refractivity contribution in [2.75, 3.05) is 6.54 Å². The zero-order valence-electron chi connectivity index (χ0n) is 11.8. The van der Waals surface area contributed by atoms with E-state index in [-0.39, 0.29) is 5.54 Å². The molecule has 0 saturated heterocycles. The van der Waals surface area contributed by atoms with Crippen LogP contribution < -0.4 is 11.1 Å². The van der Waals surface area contributed by atoms with Gasteiger partial charge in [-0.05, 0) is 57.4 Å². The highest BCUT2D eigenvalue weighted by molar-refractivity contribution is 4.86. The molecule has 96 valence electrons. The van der Waals surface area contributed by atoms with Gasteiger partial charge in [0.15, 0.2) is 0 Å². The average Bonchev–Trinajstić information content (AvgIpc) is 2.44.